The van der Waals surface area contributed by atoms with E-state index in [9.17, 15) is 0 Å². The van der Waals surface area contributed by atoms with Crippen LogP contribution in [0.5, 0.6) is 0 Å². The van der Waals surface area contributed by atoms with Gasteiger partial charge in [0.2, 0.25) is 0 Å². The molecule has 4 heteroatoms. The molecule has 0 N–H and O–H groups in total. The average molecular weight is 297 g/mol. The third kappa shape index (κ3) is 2.45. The van der Waals surface area contributed by atoms with Crippen LogP contribution in [0.3, 0.4) is 0 Å². The fourth-order valence-corrected chi connectivity index (χ4v) is 3.96. The summed E-state index contributed by atoms with van der Waals surface area (Å²) < 4.78 is 5.88. The third-order valence-electron chi connectivity index (χ3n) is 5.18. The molecular weight excluding hydrogens is 274 g/mol. The van der Waals surface area contributed by atoms with Crippen molar-refractivity contribution in [3.8, 4) is 0 Å². The average Bonchev–Trinajstić information content (AvgIpc) is 3.09. The van der Waals surface area contributed by atoms with Crippen molar-refractivity contribution < 1.29 is 4.74 Å². The molecule has 0 aliphatic carbocycles. The van der Waals surface area contributed by atoms with Gasteiger partial charge in [-0.3, -0.25) is 0 Å². The maximum absolute atomic E-state index is 5.88. The second kappa shape index (κ2) is 5.84. The van der Waals surface area contributed by atoms with Gasteiger partial charge in [0.1, 0.15) is 12.1 Å². The van der Waals surface area contributed by atoms with Gasteiger partial charge in [-0.25, -0.2) is 9.97 Å². The van der Waals surface area contributed by atoms with Crippen LogP contribution < -0.4 is 4.90 Å². The van der Waals surface area contributed by atoms with E-state index in [0.717, 1.165) is 36.9 Å². The summed E-state index contributed by atoms with van der Waals surface area (Å²) in [6.45, 7) is 5.25. The largest absolute Gasteiger partial charge is 0.378 e. The Morgan fingerprint density at radius 1 is 1.14 bits per heavy atom. The molecule has 2 aromatic rings. The lowest BCUT2D eigenvalue weighted by atomic mass is 9.89. The Labute approximate surface area is 131 Å². The van der Waals surface area contributed by atoms with Crippen LogP contribution in [0, 0.1) is 12.8 Å². The van der Waals surface area contributed by atoms with Crippen LogP contribution in [0.1, 0.15) is 31.2 Å². The molecule has 2 saturated heterocycles. The molecule has 1 atom stereocenters. The van der Waals surface area contributed by atoms with E-state index in [-0.39, 0.29) is 0 Å². The van der Waals surface area contributed by atoms with Crippen LogP contribution in [0.25, 0.3) is 10.9 Å². The lowest BCUT2D eigenvalue weighted by Gasteiger charge is -2.35. The number of rotatable bonds is 2. The Morgan fingerprint density at radius 2 is 2.00 bits per heavy atom. The van der Waals surface area contributed by atoms with Crippen LogP contribution in [0.15, 0.2) is 24.5 Å². The van der Waals surface area contributed by atoms with Crippen molar-refractivity contribution in [2.75, 3.05) is 24.6 Å². The molecule has 2 aliphatic heterocycles. The Morgan fingerprint density at radius 3 is 2.77 bits per heavy atom. The SMILES string of the molecule is Cc1cccc2ncnc(N3CCC(C4CCCO4)CC3)c12. The highest BCUT2D eigenvalue weighted by molar-refractivity contribution is 5.92. The second-order valence-corrected chi connectivity index (χ2v) is 6.54. The summed E-state index contributed by atoms with van der Waals surface area (Å²) in [6.07, 6.45) is 7.11. The molecule has 4 rings (SSSR count). The van der Waals surface area contributed by atoms with E-state index < -0.39 is 0 Å². The molecule has 0 spiro atoms. The first-order valence-corrected chi connectivity index (χ1v) is 8.40. The molecule has 0 saturated carbocycles. The van der Waals surface area contributed by atoms with Gasteiger partial charge in [-0.2, -0.15) is 0 Å². The minimum Gasteiger partial charge on any atom is -0.378 e. The molecule has 0 amide bonds. The van der Waals surface area contributed by atoms with E-state index in [1.807, 2.05) is 0 Å². The molecule has 0 radical (unpaired) electrons. The number of anilines is 1. The van der Waals surface area contributed by atoms with Gasteiger partial charge in [0.25, 0.3) is 0 Å². The number of hydrogen-bond acceptors (Lipinski definition) is 4. The molecule has 3 heterocycles. The van der Waals surface area contributed by atoms with E-state index in [1.54, 1.807) is 6.33 Å². The van der Waals surface area contributed by atoms with Gasteiger partial charge in [-0.15, -0.1) is 0 Å². The first kappa shape index (κ1) is 13.9. The maximum atomic E-state index is 5.88. The van der Waals surface area contributed by atoms with E-state index in [4.69, 9.17) is 4.74 Å². The maximum Gasteiger partial charge on any atom is 0.140 e. The van der Waals surface area contributed by atoms with E-state index >= 15 is 0 Å². The second-order valence-electron chi connectivity index (χ2n) is 6.54. The number of nitrogens with zero attached hydrogens (tertiary/aromatic N) is 3. The fourth-order valence-electron chi connectivity index (χ4n) is 3.96. The number of ether oxygens (including phenoxy) is 1. The van der Waals surface area contributed by atoms with Crippen LogP contribution in [-0.2, 0) is 4.74 Å². The zero-order valence-electron chi connectivity index (χ0n) is 13.2. The minimum absolute atomic E-state index is 0.506. The molecule has 1 aromatic heterocycles. The first-order chi connectivity index (χ1) is 10.8. The van der Waals surface area contributed by atoms with Crippen molar-refractivity contribution in [1.82, 2.24) is 9.97 Å². The standard InChI is InChI=1S/C18H23N3O/c1-13-4-2-5-15-17(13)18(20-12-19-15)21-9-7-14(8-10-21)16-6-3-11-22-16/h2,4-5,12,14,16H,3,6-11H2,1H3. The highest BCUT2D eigenvalue weighted by atomic mass is 16.5. The number of piperidine rings is 1. The van der Waals surface area contributed by atoms with Gasteiger partial charge in [-0.1, -0.05) is 12.1 Å². The van der Waals surface area contributed by atoms with Crippen molar-refractivity contribution in [2.24, 2.45) is 5.92 Å². The van der Waals surface area contributed by atoms with Crippen LogP contribution >= 0.6 is 0 Å². The lowest BCUT2D eigenvalue weighted by Crippen LogP contribution is -2.38. The van der Waals surface area contributed by atoms with E-state index in [2.05, 4.69) is 40.0 Å². The van der Waals surface area contributed by atoms with Crippen molar-refractivity contribution in [3.05, 3.63) is 30.1 Å². The summed E-state index contributed by atoms with van der Waals surface area (Å²) in [7, 11) is 0. The molecule has 2 fully saturated rings. The number of hydrogen-bond donors (Lipinski definition) is 0. The van der Waals surface area contributed by atoms with E-state index in [1.165, 1.54) is 36.6 Å². The van der Waals surface area contributed by atoms with Gasteiger partial charge >= 0.3 is 0 Å². The van der Waals surface area contributed by atoms with Crippen molar-refractivity contribution >= 4 is 16.7 Å². The molecular formula is C18H23N3O. The smallest absolute Gasteiger partial charge is 0.140 e. The fraction of sp³-hybridized carbons (Fsp3) is 0.556. The zero-order chi connectivity index (χ0) is 14.9. The summed E-state index contributed by atoms with van der Waals surface area (Å²) in [5.41, 5.74) is 2.31. The van der Waals surface area contributed by atoms with Crippen LogP contribution in [0.2, 0.25) is 0 Å². The molecule has 22 heavy (non-hydrogen) atoms. The quantitative estimate of drug-likeness (QED) is 0.852. The van der Waals surface area contributed by atoms with Crippen molar-refractivity contribution in [2.45, 2.75) is 38.7 Å². The molecule has 0 bridgehead atoms. The molecule has 4 nitrogen and oxygen atoms in total. The topological polar surface area (TPSA) is 38.2 Å². The molecule has 116 valence electrons. The zero-order valence-corrected chi connectivity index (χ0v) is 13.2. The van der Waals surface area contributed by atoms with Crippen LogP contribution in [0.4, 0.5) is 5.82 Å². The van der Waals surface area contributed by atoms with E-state index in [0.29, 0.717) is 6.10 Å². The normalized spacial score (nSPS) is 23.3. The Hall–Kier alpha value is -1.68. The lowest BCUT2D eigenvalue weighted by molar-refractivity contribution is 0.0531. The summed E-state index contributed by atoms with van der Waals surface area (Å²) in [5, 5.41) is 1.21. The predicted molar refractivity (Wildman–Crippen MR) is 88.2 cm³/mol. The minimum atomic E-state index is 0.506. The highest BCUT2D eigenvalue weighted by Crippen LogP contribution is 2.33. The Balaban J connectivity index is 1.56. The number of benzene rings is 1. The third-order valence-corrected chi connectivity index (χ3v) is 5.18. The summed E-state index contributed by atoms with van der Waals surface area (Å²) in [5.74, 6) is 1.84. The van der Waals surface area contributed by atoms with Gasteiger partial charge < -0.3 is 9.64 Å². The highest BCUT2D eigenvalue weighted by Gasteiger charge is 2.30. The molecule has 1 unspecified atom stereocenters. The summed E-state index contributed by atoms with van der Waals surface area (Å²) >= 11 is 0. The summed E-state index contributed by atoms with van der Waals surface area (Å²) in [4.78, 5) is 11.4. The number of aryl methyl sites for hydroxylation is 1. The predicted octanol–water partition coefficient (Wildman–Crippen LogP) is 3.33. The molecule has 2 aliphatic rings. The van der Waals surface area contributed by atoms with Gasteiger partial charge in [0.05, 0.1) is 11.6 Å². The molecule has 1 aromatic carbocycles. The number of fused-ring (bicyclic) bond motifs is 1. The summed E-state index contributed by atoms with van der Waals surface area (Å²) in [6, 6.07) is 6.29. The van der Waals surface area contributed by atoms with Crippen molar-refractivity contribution in [1.29, 1.82) is 0 Å². The van der Waals surface area contributed by atoms with Crippen molar-refractivity contribution in [3.63, 3.8) is 0 Å². The Kier molecular flexibility index (Phi) is 3.70. The van der Waals surface area contributed by atoms with Gasteiger partial charge in [-0.05, 0) is 50.2 Å². The van der Waals surface area contributed by atoms with Crippen LogP contribution in [-0.4, -0.2) is 35.8 Å². The van der Waals surface area contributed by atoms with Gasteiger partial charge in [0, 0.05) is 25.1 Å². The Bertz CT molecular complexity index is 653. The first-order valence-electron chi connectivity index (χ1n) is 8.40. The number of aromatic nitrogens is 2. The van der Waals surface area contributed by atoms with Gasteiger partial charge in [0.15, 0.2) is 0 Å². The monoisotopic (exact) mass is 297 g/mol.